The first kappa shape index (κ1) is 38.4. The molecular weight excluding hydrogens is 662 g/mol. The summed E-state index contributed by atoms with van der Waals surface area (Å²) in [5, 5.41) is 0. The molecule has 0 saturated carbocycles. The van der Waals surface area contributed by atoms with Crippen molar-refractivity contribution in [1.82, 2.24) is 9.80 Å². The molecule has 6 rings (SSSR count). The normalized spacial score (nSPS) is 15.7. The SMILES string of the molecule is CCC(C(=O)c1ccc(F)cc1)N1CCN(c2ccccc2OC)CC1.COc1ccccc1N1CCN(CCCC(=O)c2ccc(F)cc2)CC1. The summed E-state index contributed by atoms with van der Waals surface area (Å²) < 4.78 is 36.9. The zero-order valence-corrected chi connectivity index (χ0v) is 30.5. The number of benzene rings is 4. The fourth-order valence-electron chi connectivity index (χ4n) is 6.93. The lowest BCUT2D eigenvalue weighted by Gasteiger charge is -2.39. The molecule has 2 heterocycles. The highest BCUT2D eigenvalue weighted by Crippen LogP contribution is 2.30. The maximum Gasteiger partial charge on any atom is 0.179 e. The van der Waals surface area contributed by atoms with Gasteiger partial charge in [0.1, 0.15) is 23.1 Å². The fraction of sp³-hybridized carbons (Fsp3) is 0.381. The second-order valence-electron chi connectivity index (χ2n) is 13.0. The largest absolute Gasteiger partial charge is 0.495 e. The van der Waals surface area contributed by atoms with Crippen molar-refractivity contribution in [2.24, 2.45) is 0 Å². The van der Waals surface area contributed by atoms with Gasteiger partial charge in [0.2, 0.25) is 0 Å². The van der Waals surface area contributed by atoms with E-state index in [0.29, 0.717) is 17.5 Å². The third-order valence-corrected chi connectivity index (χ3v) is 9.84. The molecule has 0 radical (unpaired) electrons. The van der Waals surface area contributed by atoms with Crippen molar-refractivity contribution in [1.29, 1.82) is 0 Å². The van der Waals surface area contributed by atoms with Crippen LogP contribution in [-0.4, -0.2) is 101 Å². The maximum absolute atomic E-state index is 13.1. The first-order chi connectivity index (χ1) is 25.3. The lowest BCUT2D eigenvalue weighted by Crippen LogP contribution is -2.52. The number of ether oxygens (including phenoxy) is 2. The Morgan fingerprint density at radius 2 is 1.10 bits per heavy atom. The van der Waals surface area contributed by atoms with Gasteiger partial charge in [-0.05, 0) is 92.2 Å². The minimum atomic E-state index is -0.319. The third kappa shape index (κ3) is 10.2. The van der Waals surface area contributed by atoms with Crippen LogP contribution in [0.15, 0.2) is 97.1 Å². The highest BCUT2D eigenvalue weighted by molar-refractivity contribution is 6.00. The zero-order valence-electron chi connectivity index (χ0n) is 30.5. The van der Waals surface area contributed by atoms with E-state index in [4.69, 9.17) is 9.47 Å². The van der Waals surface area contributed by atoms with Crippen molar-refractivity contribution >= 4 is 22.9 Å². The number of rotatable bonds is 13. The van der Waals surface area contributed by atoms with Gasteiger partial charge >= 0.3 is 0 Å². The summed E-state index contributed by atoms with van der Waals surface area (Å²) in [4.78, 5) is 34.3. The monoisotopic (exact) mass is 712 g/mol. The second kappa shape index (κ2) is 19.2. The summed E-state index contributed by atoms with van der Waals surface area (Å²) in [5.41, 5.74) is 3.39. The summed E-state index contributed by atoms with van der Waals surface area (Å²) in [6.07, 6.45) is 2.06. The van der Waals surface area contributed by atoms with Crippen LogP contribution in [-0.2, 0) is 0 Å². The van der Waals surface area contributed by atoms with Crippen LogP contribution >= 0.6 is 0 Å². The summed E-state index contributed by atoms with van der Waals surface area (Å²) in [6, 6.07) is 27.6. The maximum atomic E-state index is 13.1. The van der Waals surface area contributed by atoms with Gasteiger partial charge in [-0.2, -0.15) is 0 Å². The van der Waals surface area contributed by atoms with Crippen molar-refractivity contribution in [2.75, 3.05) is 82.9 Å². The molecule has 0 N–H and O–H groups in total. The molecule has 2 saturated heterocycles. The van der Waals surface area contributed by atoms with E-state index in [2.05, 4.69) is 31.7 Å². The van der Waals surface area contributed by atoms with E-state index >= 15 is 0 Å². The quantitative estimate of drug-likeness (QED) is 0.135. The number of carbonyl (C=O) groups excluding carboxylic acids is 2. The second-order valence-corrected chi connectivity index (χ2v) is 13.0. The molecule has 1 unspecified atom stereocenters. The Hall–Kier alpha value is -4.80. The molecule has 52 heavy (non-hydrogen) atoms. The number of hydrogen-bond donors (Lipinski definition) is 0. The summed E-state index contributed by atoms with van der Waals surface area (Å²) in [5.74, 6) is 1.30. The van der Waals surface area contributed by atoms with Gasteiger partial charge in [0.15, 0.2) is 11.6 Å². The molecule has 0 spiro atoms. The van der Waals surface area contributed by atoms with Gasteiger partial charge < -0.3 is 19.3 Å². The Balaban J connectivity index is 0.000000201. The van der Waals surface area contributed by atoms with Gasteiger partial charge in [-0.15, -0.1) is 0 Å². The van der Waals surface area contributed by atoms with Crippen molar-refractivity contribution in [3.8, 4) is 11.5 Å². The Morgan fingerprint density at radius 1 is 0.635 bits per heavy atom. The van der Waals surface area contributed by atoms with Gasteiger partial charge in [0, 0.05) is 69.9 Å². The highest BCUT2D eigenvalue weighted by Gasteiger charge is 2.29. The molecule has 2 aliphatic heterocycles. The first-order valence-corrected chi connectivity index (χ1v) is 18.1. The predicted octanol–water partition coefficient (Wildman–Crippen LogP) is 7.24. The Morgan fingerprint density at radius 3 is 1.58 bits per heavy atom. The molecule has 2 aliphatic rings. The van der Waals surface area contributed by atoms with Crippen LogP contribution in [0.5, 0.6) is 11.5 Å². The van der Waals surface area contributed by atoms with Crippen LogP contribution in [0.4, 0.5) is 20.2 Å². The number of para-hydroxylation sites is 4. The number of methoxy groups -OCH3 is 2. The van der Waals surface area contributed by atoms with Crippen LogP contribution in [0.3, 0.4) is 0 Å². The van der Waals surface area contributed by atoms with Gasteiger partial charge in [-0.3, -0.25) is 19.4 Å². The fourth-order valence-corrected chi connectivity index (χ4v) is 6.93. The van der Waals surface area contributed by atoms with E-state index in [9.17, 15) is 18.4 Å². The summed E-state index contributed by atoms with van der Waals surface area (Å²) >= 11 is 0. The van der Waals surface area contributed by atoms with Crippen LogP contribution in [0.2, 0.25) is 0 Å². The standard InChI is InChI=1S/2C21H25FN2O2/c1-26-21-7-3-2-5-19(21)24-15-13-23(14-16-24)12-4-6-20(25)17-8-10-18(22)11-9-17;1-3-18(21(25)16-8-10-17(22)11-9-16)23-12-14-24(15-13-23)19-6-4-5-7-20(19)26-2/h2-3,5,7-11H,4,6,12-16H2,1H3;4-11,18H,3,12-15H2,1-2H3. The molecule has 276 valence electrons. The average Bonchev–Trinajstić information content (AvgIpc) is 3.19. The summed E-state index contributed by atoms with van der Waals surface area (Å²) in [7, 11) is 3.39. The number of carbonyl (C=O) groups is 2. The Labute approximate surface area is 306 Å². The molecule has 0 aromatic heterocycles. The van der Waals surface area contributed by atoms with E-state index in [1.165, 1.54) is 24.3 Å². The van der Waals surface area contributed by atoms with Crippen LogP contribution in [0, 0.1) is 11.6 Å². The Kier molecular flexibility index (Phi) is 14.2. The topological polar surface area (TPSA) is 65.6 Å². The molecular formula is C42H50F2N4O4. The van der Waals surface area contributed by atoms with Gasteiger partial charge in [-0.1, -0.05) is 31.2 Å². The van der Waals surface area contributed by atoms with Gasteiger partial charge in [0.25, 0.3) is 0 Å². The van der Waals surface area contributed by atoms with E-state index in [0.717, 1.165) is 94.6 Å². The molecule has 0 aliphatic carbocycles. The van der Waals surface area contributed by atoms with Gasteiger partial charge in [-0.25, -0.2) is 8.78 Å². The minimum absolute atomic E-state index is 0.0678. The number of ketones is 2. The number of hydrogen-bond acceptors (Lipinski definition) is 8. The van der Waals surface area contributed by atoms with E-state index in [-0.39, 0.29) is 29.2 Å². The molecule has 0 bridgehead atoms. The van der Waals surface area contributed by atoms with Crippen molar-refractivity contribution in [2.45, 2.75) is 32.2 Å². The molecule has 1 atom stereocenters. The number of halogens is 2. The Bertz CT molecular complexity index is 1720. The predicted molar refractivity (Wildman–Crippen MR) is 203 cm³/mol. The van der Waals surface area contributed by atoms with Crippen LogP contribution < -0.4 is 19.3 Å². The van der Waals surface area contributed by atoms with Crippen molar-refractivity contribution in [3.05, 3.63) is 120 Å². The smallest absolute Gasteiger partial charge is 0.179 e. The van der Waals surface area contributed by atoms with E-state index in [1.807, 2.05) is 43.3 Å². The highest BCUT2D eigenvalue weighted by atomic mass is 19.1. The van der Waals surface area contributed by atoms with E-state index in [1.54, 1.807) is 38.5 Å². The molecule has 2 fully saturated rings. The van der Waals surface area contributed by atoms with Gasteiger partial charge in [0.05, 0.1) is 31.6 Å². The molecule has 4 aromatic carbocycles. The van der Waals surface area contributed by atoms with Crippen molar-refractivity contribution < 1.29 is 27.8 Å². The lowest BCUT2D eigenvalue weighted by molar-refractivity contribution is 0.0800. The summed E-state index contributed by atoms with van der Waals surface area (Å²) in [6.45, 7) is 10.1. The molecule has 8 nitrogen and oxygen atoms in total. The van der Waals surface area contributed by atoms with Crippen LogP contribution in [0.25, 0.3) is 0 Å². The lowest BCUT2D eigenvalue weighted by atomic mass is 10.00. The average molecular weight is 713 g/mol. The number of nitrogens with zero attached hydrogens (tertiary/aromatic N) is 4. The van der Waals surface area contributed by atoms with Crippen LogP contribution in [0.1, 0.15) is 46.9 Å². The molecule has 0 amide bonds. The molecule has 10 heteroatoms. The minimum Gasteiger partial charge on any atom is -0.495 e. The number of Topliss-reactive ketones (excluding diaryl/α,β-unsaturated/α-hetero) is 2. The number of piperazine rings is 2. The third-order valence-electron chi connectivity index (χ3n) is 9.84. The van der Waals surface area contributed by atoms with E-state index < -0.39 is 0 Å². The number of anilines is 2. The molecule has 4 aromatic rings. The zero-order chi connectivity index (χ0) is 36.9. The first-order valence-electron chi connectivity index (χ1n) is 18.1. The van der Waals surface area contributed by atoms with Crippen molar-refractivity contribution in [3.63, 3.8) is 0 Å².